The molecule has 19 heavy (non-hydrogen) atoms. The summed E-state index contributed by atoms with van der Waals surface area (Å²) in [5, 5.41) is 2.62. The summed E-state index contributed by atoms with van der Waals surface area (Å²) >= 11 is 0. The molecule has 4 heteroatoms. The van der Waals surface area contributed by atoms with E-state index >= 15 is 0 Å². The molecule has 0 aliphatic heterocycles. The van der Waals surface area contributed by atoms with Crippen molar-refractivity contribution in [1.29, 1.82) is 0 Å². The Morgan fingerprint density at radius 3 is 2.68 bits per heavy atom. The first kappa shape index (κ1) is 15.0. The Morgan fingerprint density at radius 1 is 1.32 bits per heavy atom. The molecule has 1 aromatic carbocycles. The number of hydrogen-bond donors (Lipinski definition) is 1. The van der Waals surface area contributed by atoms with Crippen LogP contribution >= 0.6 is 0 Å². The quantitative estimate of drug-likeness (QED) is 0.651. The predicted octanol–water partition coefficient (Wildman–Crippen LogP) is 2.00. The molecule has 0 saturated carbocycles. The third kappa shape index (κ3) is 5.38. The maximum Gasteiger partial charge on any atom is 0.307 e. The third-order valence-corrected chi connectivity index (χ3v) is 2.70. The molecule has 0 fully saturated rings. The Hall–Kier alpha value is -2.10. The summed E-state index contributed by atoms with van der Waals surface area (Å²) in [6.07, 6.45) is 3.41. The molecule has 0 aromatic heterocycles. The van der Waals surface area contributed by atoms with Crippen LogP contribution in [0, 0.1) is 13.8 Å². The largest absolute Gasteiger partial charge is 0.469 e. The van der Waals surface area contributed by atoms with E-state index in [1.165, 1.54) is 18.7 Å². The molecule has 0 saturated heterocycles. The summed E-state index contributed by atoms with van der Waals surface area (Å²) in [5.74, 6) is -0.553. The van der Waals surface area contributed by atoms with Crippen LogP contribution in [0.4, 0.5) is 0 Å². The SMILES string of the molecule is COC(=O)CCNC(=O)/C=C/c1ccc(C)cc1C. The van der Waals surface area contributed by atoms with Crippen LogP contribution in [0.1, 0.15) is 23.1 Å². The van der Waals surface area contributed by atoms with Crippen molar-refractivity contribution in [2.75, 3.05) is 13.7 Å². The van der Waals surface area contributed by atoms with E-state index < -0.39 is 0 Å². The lowest BCUT2D eigenvalue weighted by Gasteiger charge is -2.02. The van der Waals surface area contributed by atoms with Gasteiger partial charge in [-0.3, -0.25) is 9.59 Å². The molecule has 1 aromatic rings. The average Bonchev–Trinajstić information content (AvgIpc) is 2.37. The van der Waals surface area contributed by atoms with E-state index in [4.69, 9.17) is 0 Å². The number of rotatable bonds is 5. The van der Waals surface area contributed by atoms with Crippen molar-refractivity contribution in [1.82, 2.24) is 5.32 Å². The Morgan fingerprint density at radius 2 is 2.05 bits per heavy atom. The molecular formula is C15H19NO3. The first-order valence-corrected chi connectivity index (χ1v) is 6.13. The van der Waals surface area contributed by atoms with Crippen LogP contribution in [0.15, 0.2) is 24.3 Å². The molecule has 1 N–H and O–H groups in total. The maximum absolute atomic E-state index is 11.5. The number of nitrogens with one attached hydrogen (secondary N) is 1. The van der Waals surface area contributed by atoms with Gasteiger partial charge >= 0.3 is 5.97 Å². The number of carbonyl (C=O) groups is 2. The van der Waals surface area contributed by atoms with Crippen LogP contribution in [0.25, 0.3) is 6.08 Å². The van der Waals surface area contributed by atoms with Crippen LogP contribution in [0.3, 0.4) is 0 Å². The minimum atomic E-state index is -0.335. The molecule has 0 aliphatic rings. The van der Waals surface area contributed by atoms with Crippen LogP contribution in [0.2, 0.25) is 0 Å². The Bertz CT molecular complexity index is 492. The molecule has 0 radical (unpaired) electrons. The molecule has 0 bridgehead atoms. The van der Waals surface area contributed by atoms with Gasteiger partial charge < -0.3 is 10.1 Å². The number of amides is 1. The molecule has 0 atom stereocenters. The lowest BCUT2D eigenvalue weighted by atomic mass is 10.1. The van der Waals surface area contributed by atoms with E-state index in [0.717, 1.165) is 11.1 Å². The molecule has 4 nitrogen and oxygen atoms in total. The van der Waals surface area contributed by atoms with Gasteiger partial charge in [0.25, 0.3) is 0 Å². The van der Waals surface area contributed by atoms with E-state index in [1.54, 1.807) is 6.08 Å². The first-order chi connectivity index (χ1) is 9.02. The second-order valence-electron chi connectivity index (χ2n) is 4.31. The smallest absolute Gasteiger partial charge is 0.307 e. The summed E-state index contributed by atoms with van der Waals surface area (Å²) in [5.41, 5.74) is 3.32. The zero-order valence-electron chi connectivity index (χ0n) is 11.5. The van der Waals surface area contributed by atoms with Gasteiger partial charge in [0.05, 0.1) is 13.5 Å². The molecule has 0 spiro atoms. The lowest BCUT2D eigenvalue weighted by Crippen LogP contribution is -2.24. The highest BCUT2D eigenvalue weighted by atomic mass is 16.5. The normalized spacial score (nSPS) is 10.5. The average molecular weight is 261 g/mol. The van der Waals surface area contributed by atoms with Crippen LogP contribution in [-0.4, -0.2) is 25.5 Å². The Labute approximate surface area is 113 Å². The molecule has 0 heterocycles. The number of hydrogen-bond acceptors (Lipinski definition) is 3. The standard InChI is InChI=1S/C15H19NO3/c1-11-4-5-13(12(2)10-11)6-7-14(17)16-9-8-15(18)19-3/h4-7,10H,8-9H2,1-3H3,(H,16,17)/b7-6+. The predicted molar refractivity (Wildman–Crippen MR) is 74.6 cm³/mol. The van der Waals surface area contributed by atoms with Gasteiger partial charge in [-0.15, -0.1) is 0 Å². The fraction of sp³-hybridized carbons (Fsp3) is 0.333. The topological polar surface area (TPSA) is 55.4 Å². The van der Waals surface area contributed by atoms with E-state index in [2.05, 4.69) is 16.1 Å². The van der Waals surface area contributed by atoms with Crippen molar-refractivity contribution in [2.45, 2.75) is 20.3 Å². The molecular weight excluding hydrogens is 242 g/mol. The highest BCUT2D eigenvalue weighted by Gasteiger charge is 2.01. The number of carbonyl (C=O) groups excluding carboxylic acids is 2. The van der Waals surface area contributed by atoms with E-state index in [9.17, 15) is 9.59 Å². The van der Waals surface area contributed by atoms with Gasteiger partial charge in [-0.05, 0) is 31.1 Å². The summed E-state index contributed by atoms with van der Waals surface area (Å²) in [6.45, 7) is 4.31. The molecule has 0 unspecified atom stereocenters. The van der Waals surface area contributed by atoms with E-state index in [1.807, 2.05) is 26.0 Å². The van der Waals surface area contributed by atoms with Gasteiger partial charge in [-0.2, -0.15) is 0 Å². The monoisotopic (exact) mass is 261 g/mol. The molecule has 1 amide bonds. The fourth-order valence-electron chi connectivity index (χ4n) is 1.63. The minimum absolute atomic E-state index is 0.180. The number of aryl methyl sites for hydroxylation is 2. The molecule has 0 aliphatic carbocycles. The van der Waals surface area contributed by atoms with E-state index in [0.29, 0.717) is 0 Å². The Balaban J connectivity index is 2.47. The van der Waals surface area contributed by atoms with Crippen LogP contribution in [-0.2, 0) is 14.3 Å². The van der Waals surface area contributed by atoms with E-state index in [-0.39, 0.29) is 24.8 Å². The van der Waals surface area contributed by atoms with Gasteiger partial charge in [0.2, 0.25) is 5.91 Å². The van der Waals surface area contributed by atoms with Crippen molar-refractivity contribution in [3.8, 4) is 0 Å². The van der Waals surface area contributed by atoms with Gasteiger partial charge in [0, 0.05) is 12.6 Å². The second-order valence-corrected chi connectivity index (χ2v) is 4.31. The van der Waals surface area contributed by atoms with Crippen molar-refractivity contribution in [2.24, 2.45) is 0 Å². The lowest BCUT2D eigenvalue weighted by molar-refractivity contribution is -0.140. The highest BCUT2D eigenvalue weighted by molar-refractivity contribution is 5.92. The van der Waals surface area contributed by atoms with Gasteiger partial charge in [-0.1, -0.05) is 23.8 Å². The second kappa shape index (κ2) is 7.36. The number of ether oxygens (including phenoxy) is 1. The maximum atomic E-state index is 11.5. The Kier molecular flexibility index (Phi) is 5.79. The van der Waals surface area contributed by atoms with Crippen molar-refractivity contribution in [3.05, 3.63) is 41.0 Å². The fourth-order valence-corrected chi connectivity index (χ4v) is 1.63. The summed E-state index contributed by atoms with van der Waals surface area (Å²) in [7, 11) is 1.32. The van der Waals surface area contributed by atoms with Crippen LogP contribution < -0.4 is 5.32 Å². The highest BCUT2D eigenvalue weighted by Crippen LogP contribution is 2.11. The summed E-state index contributed by atoms with van der Waals surface area (Å²) in [6, 6.07) is 6.04. The number of esters is 1. The zero-order valence-corrected chi connectivity index (χ0v) is 11.5. The minimum Gasteiger partial charge on any atom is -0.469 e. The summed E-state index contributed by atoms with van der Waals surface area (Å²) in [4.78, 5) is 22.4. The number of benzene rings is 1. The van der Waals surface area contributed by atoms with Crippen molar-refractivity contribution >= 4 is 18.0 Å². The van der Waals surface area contributed by atoms with Gasteiger partial charge in [-0.25, -0.2) is 0 Å². The number of methoxy groups -OCH3 is 1. The molecule has 1 rings (SSSR count). The first-order valence-electron chi connectivity index (χ1n) is 6.13. The zero-order chi connectivity index (χ0) is 14.3. The van der Waals surface area contributed by atoms with Crippen molar-refractivity contribution < 1.29 is 14.3 Å². The van der Waals surface area contributed by atoms with Gasteiger partial charge in [0.15, 0.2) is 0 Å². The van der Waals surface area contributed by atoms with Crippen LogP contribution in [0.5, 0.6) is 0 Å². The van der Waals surface area contributed by atoms with Crippen molar-refractivity contribution in [3.63, 3.8) is 0 Å². The molecule has 102 valence electrons. The third-order valence-electron chi connectivity index (χ3n) is 2.70. The van der Waals surface area contributed by atoms with Gasteiger partial charge in [0.1, 0.15) is 0 Å². The summed E-state index contributed by atoms with van der Waals surface area (Å²) < 4.78 is 4.48.